The van der Waals surface area contributed by atoms with E-state index in [2.05, 4.69) is 46.7 Å². The number of aromatic nitrogens is 4. The molecule has 0 amide bonds. The Morgan fingerprint density at radius 3 is 1.98 bits per heavy atom. The molecule has 1 aliphatic heterocycles. The van der Waals surface area contributed by atoms with Gasteiger partial charge in [-0.3, -0.25) is 14.3 Å². The number of imidazole rings is 1. The second-order valence-electron chi connectivity index (χ2n) is 8.27. The number of alkyl halides is 6. The first-order chi connectivity index (χ1) is 19.3. The van der Waals surface area contributed by atoms with Crippen LogP contribution in [0.4, 0.5) is 32.2 Å². The van der Waals surface area contributed by atoms with Gasteiger partial charge in [-0.1, -0.05) is 6.07 Å². The maximum Gasteiger partial charge on any atom is 0.490 e. The number of fused-ring (bicyclic) bond motifs is 1. The fraction of sp³-hybridized carbons (Fsp3) is 0.292. The third-order valence-electron chi connectivity index (χ3n) is 5.50. The minimum Gasteiger partial charge on any atom is -0.475 e. The molecule has 0 aliphatic carbocycles. The van der Waals surface area contributed by atoms with E-state index in [1.165, 1.54) is 4.88 Å². The molecule has 4 aromatic rings. The van der Waals surface area contributed by atoms with Crippen molar-refractivity contribution in [1.29, 1.82) is 0 Å². The molecule has 0 spiro atoms. The second-order valence-corrected chi connectivity index (χ2v) is 9.30. The maximum atomic E-state index is 10.6. The van der Waals surface area contributed by atoms with Gasteiger partial charge in [0.2, 0.25) is 0 Å². The summed E-state index contributed by atoms with van der Waals surface area (Å²) < 4.78 is 65.6. The van der Waals surface area contributed by atoms with Gasteiger partial charge in [0.15, 0.2) is 11.5 Å². The van der Waals surface area contributed by atoms with Crippen LogP contribution >= 0.6 is 11.3 Å². The van der Waals surface area contributed by atoms with Crippen LogP contribution in [0.1, 0.15) is 4.88 Å². The lowest BCUT2D eigenvalue weighted by molar-refractivity contribution is -0.193. The lowest BCUT2D eigenvalue weighted by atomic mass is 10.2. The van der Waals surface area contributed by atoms with Crippen molar-refractivity contribution in [3.8, 4) is 11.3 Å². The van der Waals surface area contributed by atoms with E-state index < -0.39 is 24.3 Å². The van der Waals surface area contributed by atoms with Gasteiger partial charge < -0.3 is 15.1 Å². The molecule has 2 N–H and O–H groups in total. The summed E-state index contributed by atoms with van der Waals surface area (Å²) in [6, 6.07) is 8.35. The Hall–Kier alpha value is -4.25. The number of hydrogen-bond acceptors (Lipinski definition) is 8. The van der Waals surface area contributed by atoms with Crippen molar-refractivity contribution >= 4 is 34.7 Å². The number of carboxylic acids is 2. The first-order valence-corrected chi connectivity index (χ1v) is 12.5. The van der Waals surface area contributed by atoms with Gasteiger partial charge in [-0.25, -0.2) is 19.6 Å². The summed E-state index contributed by atoms with van der Waals surface area (Å²) in [4.78, 5) is 37.5. The topological polar surface area (TPSA) is 124 Å². The molecule has 41 heavy (non-hydrogen) atoms. The van der Waals surface area contributed by atoms with Crippen LogP contribution < -0.4 is 4.90 Å². The molecule has 0 radical (unpaired) electrons. The van der Waals surface area contributed by atoms with Crippen LogP contribution in [0.3, 0.4) is 0 Å². The lowest BCUT2D eigenvalue weighted by Crippen LogP contribution is -2.46. The summed E-state index contributed by atoms with van der Waals surface area (Å²) in [5.41, 5.74) is 3.08. The first kappa shape index (κ1) is 31.3. The molecule has 10 nitrogen and oxygen atoms in total. The standard InChI is InChI=1S/C20H20N6S.2C2HF3O2/c1-2-17(27-13-1)15-24-9-11-25(12-10-24)19-20-23-14-18(26(20)8-7-22-19)16-3-5-21-6-4-16;2*3-2(4,5)1(6)7/h1-8,13-14H,9-12,15H2;2*(H,6,7). The van der Waals surface area contributed by atoms with Crippen LogP contribution in [0.2, 0.25) is 0 Å². The minimum absolute atomic E-state index is 0.913. The van der Waals surface area contributed by atoms with Crippen LogP contribution in [0.15, 0.2) is 60.6 Å². The number of carbonyl (C=O) groups is 2. The van der Waals surface area contributed by atoms with Gasteiger partial charge in [-0.05, 0) is 23.6 Å². The van der Waals surface area contributed by atoms with Gasteiger partial charge in [0.1, 0.15) is 0 Å². The number of pyridine rings is 1. The highest BCUT2D eigenvalue weighted by Crippen LogP contribution is 2.26. The predicted octanol–water partition coefficient (Wildman–Crippen LogP) is 4.44. The number of halogens is 6. The third kappa shape index (κ3) is 8.87. The highest BCUT2D eigenvalue weighted by Gasteiger charge is 2.38. The zero-order chi connectivity index (χ0) is 30.2. The molecule has 0 atom stereocenters. The fourth-order valence-corrected chi connectivity index (χ4v) is 4.35. The molecule has 5 heterocycles. The molecule has 0 saturated carbocycles. The number of rotatable bonds is 4. The Morgan fingerprint density at radius 2 is 1.46 bits per heavy atom. The number of hydrogen-bond donors (Lipinski definition) is 2. The molecule has 17 heteroatoms. The predicted molar refractivity (Wildman–Crippen MR) is 135 cm³/mol. The zero-order valence-corrected chi connectivity index (χ0v) is 21.7. The van der Waals surface area contributed by atoms with Gasteiger partial charge in [-0.2, -0.15) is 26.3 Å². The Labute approximate surface area is 232 Å². The molecule has 5 rings (SSSR count). The van der Waals surface area contributed by atoms with Gasteiger partial charge >= 0.3 is 24.3 Å². The lowest BCUT2D eigenvalue weighted by Gasteiger charge is -2.35. The average Bonchev–Trinajstić information content (AvgIpc) is 3.59. The van der Waals surface area contributed by atoms with E-state index in [-0.39, 0.29) is 0 Å². The number of thiophene rings is 1. The Morgan fingerprint density at radius 1 is 0.878 bits per heavy atom. The smallest absolute Gasteiger partial charge is 0.475 e. The number of nitrogens with zero attached hydrogens (tertiary/aromatic N) is 6. The van der Waals surface area contributed by atoms with Crippen LogP contribution in [0, 0.1) is 0 Å². The van der Waals surface area contributed by atoms with Gasteiger partial charge in [0.25, 0.3) is 0 Å². The van der Waals surface area contributed by atoms with Crippen molar-refractivity contribution < 1.29 is 46.1 Å². The Balaban J connectivity index is 0.000000276. The Kier molecular flexibility index (Phi) is 10.2. The van der Waals surface area contributed by atoms with E-state index in [4.69, 9.17) is 19.8 Å². The maximum absolute atomic E-state index is 10.6. The molecule has 4 aromatic heterocycles. The van der Waals surface area contributed by atoms with Crippen LogP contribution in [0.5, 0.6) is 0 Å². The van der Waals surface area contributed by atoms with Crippen molar-refractivity contribution in [2.45, 2.75) is 18.9 Å². The van der Waals surface area contributed by atoms with E-state index >= 15 is 0 Å². The number of piperazine rings is 1. The average molecular weight is 605 g/mol. The first-order valence-electron chi connectivity index (χ1n) is 11.6. The van der Waals surface area contributed by atoms with E-state index in [1.54, 1.807) is 0 Å². The van der Waals surface area contributed by atoms with E-state index in [0.29, 0.717) is 0 Å². The van der Waals surface area contributed by atoms with Gasteiger partial charge in [0.05, 0.1) is 11.9 Å². The molecular weight excluding hydrogens is 582 g/mol. The summed E-state index contributed by atoms with van der Waals surface area (Å²) >= 11 is 1.83. The normalized spacial score (nSPS) is 14.0. The summed E-state index contributed by atoms with van der Waals surface area (Å²) in [5, 5.41) is 16.4. The van der Waals surface area contributed by atoms with Crippen molar-refractivity contribution in [2.75, 3.05) is 31.1 Å². The Bertz CT molecular complexity index is 1400. The van der Waals surface area contributed by atoms with Crippen LogP contribution in [-0.2, 0) is 16.1 Å². The van der Waals surface area contributed by atoms with Crippen molar-refractivity contribution in [3.05, 3.63) is 65.5 Å². The number of carboxylic acid groups (broad SMARTS) is 2. The summed E-state index contributed by atoms with van der Waals surface area (Å²) in [5.74, 6) is -4.55. The van der Waals surface area contributed by atoms with E-state index in [1.807, 2.05) is 54.5 Å². The largest absolute Gasteiger partial charge is 0.490 e. The number of anilines is 1. The number of aliphatic carboxylic acids is 2. The van der Waals surface area contributed by atoms with Crippen molar-refractivity contribution in [2.24, 2.45) is 0 Å². The van der Waals surface area contributed by atoms with Crippen molar-refractivity contribution in [3.63, 3.8) is 0 Å². The molecule has 1 aliphatic rings. The van der Waals surface area contributed by atoms with Gasteiger partial charge in [-0.15, -0.1) is 11.3 Å². The third-order valence-corrected chi connectivity index (χ3v) is 6.36. The molecule has 1 fully saturated rings. The molecular formula is C24H22F6N6O4S. The summed E-state index contributed by atoms with van der Waals surface area (Å²) in [7, 11) is 0. The summed E-state index contributed by atoms with van der Waals surface area (Å²) in [6.07, 6.45) is -0.780. The quantitative estimate of drug-likeness (QED) is 0.326. The fourth-order valence-electron chi connectivity index (χ4n) is 3.61. The van der Waals surface area contributed by atoms with Gasteiger partial charge in [0, 0.05) is 68.0 Å². The highest BCUT2D eigenvalue weighted by atomic mass is 32.1. The molecule has 1 saturated heterocycles. The second kappa shape index (κ2) is 13.4. The van der Waals surface area contributed by atoms with Crippen LogP contribution in [0.25, 0.3) is 16.9 Å². The van der Waals surface area contributed by atoms with Crippen molar-refractivity contribution in [1.82, 2.24) is 24.3 Å². The van der Waals surface area contributed by atoms with E-state index in [0.717, 1.165) is 55.4 Å². The molecule has 0 aromatic carbocycles. The molecule has 220 valence electrons. The monoisotopic (exact) mass is 604 g/mol. The molecule has 0 bridgehead atoms. The van der Waals surface area contributed by atoms with E-state index in [9.17, 15) is 26.3 Å². The highest BCUT2D eigenvalue weighted by molar-refractivity contribution is 7.09. The SMILES string of the molecule is O=C(O)C(F)(F)F.O=C(O)C(F)(F)F.c1csc(CN2CCN(c3nccn4c(-c5ccncc5)cnc34)CC2)c1. The summed E-state index contributed by atoms with van der Waals surface area (Å²) in [6.45, 7) is 5.06. The minimum atomic E-state index is -5.08. The zero-order valence-electron chi connectivity index (χ0n) is 20.9. The van der Waals surface area contributed by atoms with Crippen LogP contribution in [-0.4, -0.2) is 84.9 Å². The molecule has 0 unspecified atom stereocenters.